The summed E-state index contributed by atoms with van der Waals surface area (Å²) < 4.78 is 9.74. The van der Waals surface area contributed by atoms with Crippen LogP contribution in [-0.2, 0) is 24.5 Å². The first-order valence-electron chi connectivity index (χ1n) is 7.77. The van der Waals surface area contributed by atoms with Gasteiger partial charge in [-0.15, -0.1) is 0 Å². The van der Waals surface area contributed by atoms with Crippen molar-refractivity contribution < 1.29 is 19.1 Å². The topological polar surface area (TPSA) is 105 Å². The van der Waals surface area contributed by atoms with Crippen LogP contribution in [0.1, 0.15) is 24.0 Å². The van der Waals surface area contributed by atoms with Crippen LogP contribution in [0, 0.1) is 0 Å². The number of nitrogens with two attached hydrogens (primary N) is 2. The highest BCUT2D eigenvalue weighted by Crippen LogP contribution is 2.40. The average Bonchev–Trinajstić information content (AvgIpc) is 2.62. The summed E-state index contributed by atoms with van der Waals surface area (Å²) in [5, 5.41) is 0. The van der Waals surface area contributed by atoms with Gasteiger partial charge in [0.15, 0.2) is 0 Å². The number of carbonyl (C=O) groups is 2. The molecule has 0 bridgehead atoms. The molecule has 0 aliphatic rings. The van der Waals surface area contributed by atoms with Gasteiger partial charge in [0.25, 0.3) is 0 Å². The van der Waals surface area contributed by atoms with Crippen molar-refractivity contribution in [3.63, 3.8) is 0 Å². The van der Waals surface area contributed by atoms with Crippen LogP contribution in [0.2, 0.25) is 0 Å². The number of anilines is 2. The second kappa shape index (κ2) is 7.70. The van der Waals surface area contributed by atoms with Crippen LogP contribution in [0.5, 0.6) is 0 Å². The molecule has 0 amide bonds. The Kier molecular flexibility index (Phi) is 5.64. The van der Waals surface area contributed by atoms with Crippen molar-refractivity contribution in [1.29, 1.82) is 0 Å². The number of ether oxygens (including phenoxy) is 2. The minimum absolute atomic E-state index is 0.0214. The maximum absolute atomic E-state index is 12.2. The van der Waals surface area contributed by atoms with Crippen LogP contribution in [0.15, 0.2) is 48.5 Å². The Morgan fingerprint density at radius 2 is 1.08 bits per heavy atom. The van der Waals surface area contributed by atoms with E-state index in [4.69, 9.17) is 20.9 Å². The van der Waals surface area contributed by atoms with Gasteiger partial charge >= 0.3 is 11.9 Å². The van der Waals surface area contributed by atoms with E-state index in [1.165, 1.54) is 14.2 Å². The minimum atomic E-state index is -0.943. The first-order chi connectivity index (χ1) is 11.9. The molecule has 25 heavy (non-hydrogen) atoms. The summed E-state index contributed by atoms with van der Waals surface area (Å²) in [5.41, 5.74) is 13.3. The number of rotatable bonds is 6. The quantitative estimate of drug-likeness (QED) is 0.616. The molecule has 132 valence electrons. The van der Waals surface area contributed by atoms with E-state index in [9.17, 15) is 9.59 Å². The molecule has 2 rings (SSSR count). The van der Waals surface area contributed by atoms with Gasteiger partial charge in [0.05, 0.1) is 27.1 Å². The molecule has 0 heterocycles. The van der Waals surface area contributed by atoms with Gasteiger partial charge in [0.2, 0.25) is 0 Å². The molecule has 0 saturated heterocycles. The van der Waals surface area contributed by atoms with Gasteiger partial charge in [-0.25, -0.2) is 0 Å². The van der Waals surface area contributed by atoms with Gasteiger partial charge in [0, 0.05) is 16.8 Å². The van der Waals surface area contributed by atoms with Crippen LogP contribution in [0.3, 0.4) is 0 Å². The number of esters is 2. The van der Waals surface area contributed by atoms with Gasteiger partial charge in [-0.2, -0.15) is 0 Å². The van der Waals surface area contributed by atoms with Crippen LogP contribution in [-0.4, -0.2) is 26.2 Å². The number of hydrogen-bond acceptors (Lipinski definition) is 6. The van der Waals surface area contributed by atoms with E-state index in [2.05, 4.69) is 0 Å². The van der Waals surface area contributed by atoms with E-state index in [0.717, 1.165) is 11.1 Å². The van der Waals surface area contributed by atoms with Crippen molar-refractivity contribution in [1.82, 2.24) is 0 Å². The fourth-order valence-corrected chi connectivity index (χ4v) is 2.88. The number of hydrogen-bond donors (Lipinski definition) is 2. The molecule has 2 aromatic carbocycles. The zero-order chi connectivity index (χ0) is 18.4. The first kappa shape index (κ1) is 18.3. The largest absolute Gasteiger partial charge is 0.469 e. The Morgan fingerprint density at radius 1 is 0.760 bits per heavy atom. The van der Waals surface area contributed by atoms with E-state index in [1.807, 2.05) is 0 Å². The van der Waals surface area contributed by atoms with Gasteiger partial charge in [-0.3, -0.25) is 9.59 Å². The standard InChI is InChI=1S/C19H22N2O4/c1-24-17(22)11-19(12-18(23)25-2,13-3-7-15(20)8-4-13)14-5-9-16(21)10-6-14/h3-10H,11-12,20-21H2,1-2H3. The maximum atomic E-state index is 12.2. The summed E-state index contributed by atoms with van der Waals surface area (Å²) in [5.74, 6) is -0.866. The van der Waals surface area contributed by atoms with E-state index in [0.29, 0.717) is 11.4 Å². The number of methoxy groups -OCH3 is 2. The predicted molar refractivity (Wildman–Crippen MR) is 95.8 cm³/mol. The molecule has 2 aromatic rings. The lowest BCUT2D eigenvalue weighted by Gasteiger charge is -2.33. The predicted octanol–water partition coefficient (Wildman–Crippen LogP) is 2.26. The lowest BCUT2D eigenvalue weighted by Crippen LogP contribution is -2.34. The van der Waals surface area contributed by atoms with E-state index >= 15 is 0 Å². The zero-order valence-corrected chi connectivity index (χ0v) is 14.3. The van der Waals surface area contributed by atoms with Crippen molar-refractivity contribution in [3.8, 4) is 0 Å². The molecule has 4 N–H and O–H groups in total. The van der Waals surface area contributed by atoms with Crippen LogP contribution in [0.25, 0.3) is 0 Å². The van der Waals surface area contributed by atoms with Crippen molar-refractivity contribution >= 4 is 23.3 Å². The van der Waals surface area contributed by atoms with Crippen LogP contribution in [0.4, 0.5) is 11.4 Å². The second-order valence-corrected chi connectivity index (χ2v) is 5.83. The maximum Gasteiger partial charge on any atom is 0.306 e. The third-order valence-corrected chi connectivity index (χ3v) is 4.27. The highest BCUT2D eigenvalue weighted by atomic mass is 16.5. The molecule has 0 atom stereocenters. The van der Waals surface area contributed by atoms with Crippen molar-refractivity contribution in [2.75, 3.05) is 25.7 Å². The zero-order valence-electron chi connectivity index (χ0n) is 14.3. The molecular weight excluding hydrogens is 320 g/mol. The number of nitrogen functional groups attached to an aromatic ring is 2. The summed E-state index contributed by atoms with van der Waals surface area (Å²) >= 11 is 0. The number of benzene rings is 2. The van der Waals surface area contributed by atoms with Gasteiger partial charge in [0.1, 0.15) is 0 Å². The third-order valence-electron chi connectivity index (χ3n) is 4.27. The Labute approximate surface area is 146 Å². The van der Waals surface area contributed by atoms with Gasteiger partial charge in [-0.05, 0) is 35.4 Å². The highest BCUT2D eigenvalue weighted by molar-refractivity contribution is 5.78. The third kappa shape index (κ3) is 4.09. The molecule has 0 fully saturated rings. The summed E-state index contributed by atoms with van der Waals surface area (Å²) in [6, 6.07) is 14.1. The fraction of sp³-hybridized carbons (Fsp3) is 0.263. The highest BCUT2D eigenvalue weighted by Gasteiger charge is 2.39. The summed E-state index contributed by atoms with van der Waals surface area (Å²) in [7, 11) is 2.63. The van der Waals surface area contributed by atoms with Crippen LogP contribution < -0.4 is 11.5 Å². The molecule has 0 radical (unpaired) electrons. The lowest BCUT2D eigenvalue weighted by molar-refractivity contribution is -0.144. The van der Waals surface area contributed by atoms with Crippen molar-refractivity contribution in [2.24, 2.45) is 0 Å². The second-order valence-electron chi connectivity index (χ2n) is 5.83. The Bertz CT molecular complexity index is 674. The summed E-state index contributed by atoms with van der Waals surface area (Å²) in [6.45, 7) is 0. The Hall–Kier alpha value is -3.02. The monoisotopic (exact) mass is 342 g/mol. The average molecular weight is 342 g/mol. The normalized spacial score (nSPS) is 11.0. The van der Waals surface area contributed by atoms with E-state index in [1.54, 1.807) is 48.5 Å². The molecular formula is C19H22N2O4. The molecule has 6 heteroatoms. The Balaban J connectivity index is 2.66. The summed E-state index contributed by atoms with van der Waals surface area (Å²) in [6.07, 6.45) is -0.0428. The lowest BCUT2D eigenvalue weighted by atomic mass is 9.69. The van der Waals surface area contributed by atoms with E-state index < -0.39 is 17.4 Å². The van der Waals surface area contributed by atoms with Crippen molar-refractivity contribution in [2.45, 2.75) is 18.3 Å². The minimum Gasteiger partial charge on any atom is -0.469 e. The molecule has 0 aliphatic carbocycles. The molecule has 0 saturated carbocycles. The molecule has 0 aliphatic heterocycles. The molecule has 0 spiro atoms. The van der Waals surface area contributed by atoms with E-state index in [-0.39, 0.29) is 12.8 Å². The smallest absolute Gasteiger partial charge is 0.306 e. The van der Waals surface area contributed by atoms with Crippen LogP contribution >= 0.6 is 0 Å². The number of carbonyl (C=O) groups excluding carboxylic acids is 2. The summed E-state index contributed by atoms with van der Waals surface area (Å²) in [4.78, 5) is 24.3. The SMILES string of the molecule is COC(=O)CC(CC(=O)OC)(c1ccc(N)cc1)c1ccc(N)cc1. The van der Waals surface area contributed by atoms with Crippen molar-refractivity contribution in [3.05, 3.63) is 59.7 Å². The molecule has 0 unspecified atom stereocenters. The Morgan fingerprint density at radius 3 is 1.36 bits per heavy atom. The van der Waals surface area contributed by atoms with Gasteiger partial charge in [-0.1, -0.05) is 24.3 Å². The molecule has 0 aromatic heterocycles. The molecule has 6 nitrogen and oxygen atoms in total. The van der Waals surface area contributed by atoms with Gasteiger partial charge < -0.3 is 20.9 Å². The first-order valence-corrected chi connectivity index (χ1v) is 7.77. The fourth-order valence-electron chi connectivity index (χ4n) is 2.88.